The molecule has 13 heavy (non-hydrogen) atoms. The normalized spacial score (nSPS) is 13.1. The monoisotopic (exact) mass is 182 g/mol. The van der Waals surface area contributed by atoms with Crippen LogP contribution in [0.4, 0.5) is 0 Å². The molecule has 0 aliphatic heterocycles. The second kappa shape index (κ2) is 5.75. The summed E-state index contributed by atoms with van der Waals surface area (Å²) in [6.45, 7) is 6.35. The van der Waals surface area contributed by atoms with Gasteiger partial charge in [0.25, 0.3) is 0 Å². The van der Waals surface area contributed by atoms with Crippen molar-refractivity contribution in [2.45, 2.75) is 33.2 Å². The molecule has 0 amide bonds. The van der Waals surface area contributed by atoms with Crippen LogP contribution >= 0.6 is 0 Å². The van der Waals surface area contributed by atoms with Gasteiger partial charge in [0.05, 0.1) is 5.69 Å². The van der Waals surface area contributed by atoms with Gasteiger partial charge in [0.15, 0.2) is 0 Å². The van der Waals surface area contributed by atoms with E-state index in [0.29, 0.717) is 0 Å². The zero-order valence-corrected chi connectivity index (χ0v) is 8.42. The highest BCUT2D eigenvalue weighted by molar-refractivity contribution is 4.94. The molecule has 0 saturated heterocycles. The Kier molecular flexibility index (Phi) is 4.54. The summed E-state index contributed by atoms with van der Waals surface area (Å²) in [6, 6.07) is 1.89. The third kappa shape index (κ3) is 4.08. The topological polar surface area (TPSA) is 38.1 Å². The molecule has 0 aliphatic carbocycles. The molecule has 0 spiro atoms. The summed E-state index contributed by atoms with van der Waals surface area (Å²) < 4.78 is 4.73. The maximum atomic E-state index is 4.73. The lowest BCUT2D eigenvalue weighted by atomic mass is 10.1. The molecule has 74 valence electrons. The van der Waals surface area contributed by atoms with Crippen molar-refractivity contribution in [1.82, 2.24) is 10.5 Å². The second-order valence-corrected chi connectivity index (χ2v) is 3.52. The van der Waals surface area contributed by atoms with Gasteiger partial charge in [0.1, 0.15) is 6.26 Å². The van der Waals surface area contributed by atoms with Crippen LogP contribution in [0.5, 0.6) is 0 Å². The van der Waals surface area contributed by atoms with Crippen LogP contribution in [0.2, 0.25) is 0 Å². The molecule has 3 heteroatoms. The van der Waals surface area contributed by atoms with E-state index in [1.165, 1.54) is 12.8 Å². The summed E-state index contributed by atoms with van der Waals surface area (Å²) in [4.78, 5) is 0. The SMILES string of the molecule is CCCC(C)CNCc1ccon1. The molecule has 0 radical (unpaired) electrons. The van der Waals surface area contributed by atoms with Crippen molar-refractivity contribution in [3.8, 4) is 0 Å². The number of rotatable bonds is 6. The Morgan fingerprint density at radius 1 is 1.62 bits per heavy atom. The number of nitrogens with one attached hydrogen (secondary N) is 1. The van der Waals surface area contributed by atoms with Crippen molar-refractivity contribution >= 4 is 0 Å². The van der Waals surface area contributed by atoms with Crippen molar-refractivity contribution in [1.29, 1.82) is 0 Å². The first-order valence-corrected chi connectivity index (χ1v) is 4.93. The third-order valence-electron chi connectivity index (χ3n) is 2.07. The van der Waals surface area contributed by atoms with E-state index in [0.717, 1.165) is 24.7 Å². The molecule has 1 rings (SSSR count). The third-order valence-corrected chi connectivity index (χ3v) is 2.07. The minimum absolute atomic E-state index is 0.747. The maximum absolute atomic E-state index is 4.73. The van der Waals surface area contributed by atoms with Crippen molar-refractivity contribution in [2.75, 3.05) is 6.54 Å². The molecule has 0 bridgehead atoms. The highest BCUT2D eigenvalue weighted by atomic mass is 16.5. The molecule has 1 aromatic heterocycles. The molecule has 3 nitrogen and oxygen atoms in total. The van der Waals surface area contributed by atoms with Crippen LogP contribution in [0.3, 0.4) is 0 Å². The lowest BCUT2D eigenvalue weighted by Gasteiger charge is -2.09. The number of hydrogen-bond acceptors (Lipinski definition) is 3. The van der Waals surface area contributed by atoms with Gasteiger partial charge in [-0.15, -0.1) is 0 Å². The smallest absolute Gasteiger partial charge is 0.124 e. The summed E-state index contributed by atoms with van der Waals surface area (Å²) >= 11 is 0. The Balaban J connectivity index is 2.07. The van der Waals surface area contributed by atoms with Gasteiger partial charge in [0, 0.05) is 12.6 Å². The highest BCUT2D eigenvalue weighted by Gasteiger charge is 2.00. The van der Waals surface area contributed by atoms with Gasteiger partial charge < -0.3 is 9.84 Å². The molecular weight excluding hydrogens is 164 g/mol. The van der Waals surface area contributed by atoms with E-state index in [1.807, 2.05) is 6.07 Å². The van der Waals surface area contributed by atoms with Gasteiger partial charge in [0.2, 0.25) is 0 Å². The van der Waals surface area contributed by atoms with Crippen LogP contribution in [0.15, 0.2) is 16.9 Å². The number of nitrogens with zero attached hydrogens (tertiary/aromatic N) is 1. The quantitative estimate of drug-likeness (QED) is 0.733. The average Bonchev–Trinajstić information content (AvgIpc) is 2.57. The first-order chi connectivity index (χ1) is 6.33. The van der Waals surface area contributed by atoms with E-state index in [2.05, 4.69) is 24.3 Å². The van der Waals surface area contributed by atoms with Gasteiger partial charge >= 0.3 is 0 Å². The fourth-order valence-electron chi connectivity index (χ4n) is 1.37. The number of hydrogen-bond donors (Lipinski definition) is 1. The molecule has 1 unspecified atom stereocenters. The molecule has 1 heterocycles. The lowest BCUT2D eigenvalue weighted by Crippen LogP contribution is -2.20. The lowest BCUT2D eigenvalue weighted by molar-refractivity contribution is 0.404. The fraction of sp³-hybridized carbons (Fsp3) is 0.700. The molecule has 1 N–H and O–H groups in total. The molecule has 0 aromatic carbocycles. The van der Waals surface area contributed by atoms with Crippen LogP contribution < -0.4 is 5.32 Å². The number of aromatic nitrogens is 1. The summed E-state index contributed by atoms with van der Waals surface area (Å²) in [6.07, 6.45) is 4.14. The van der Waals surface area contributed by atoms with Gasteiger partial charge in [-0.05, 0) is 18.9 Å². The first kappa shape index (κ1) is 10.3. The van der Waals surface area contributed by atoms with E-state index in [-0.39, 0.29) is 0 Å². The molecule has 0 aliphatic rings. The van der Waals surface area contributed by atoms with E-state index in [9.17, 15) is 0 Å². The summed E-state index contributed by atoms with van der Waals surface area (Å²) in [5.41, 5.74) is 0.976. The largest absolute Gasteiger partial charge is 0.364 e. The molecule has 1 aromatic rings. The Morgan fingerprint density at radius 3 is 3.08 bits per heavy atom. The van der Waals surface area contributed by atoms with Crippen molar-refractivity contribution < 1.29 is 4.52 Å². The second-order valence-electron chi connectivity index (χ2n) is 3.52. The first-order valence-electron chi connectivity index (χ1n) is 4.93. The zero-order chi connectivity index (χ0) is 9.52. The van der Waals surface area contributed by atoms with Crippen LogP contribution in [0.25, 0.3) is 0 Å². The summed E-state index contributed by atoms with van der Waals surface area (Å²) in [7, 11) is 0. The van der Waals surface area contributed by atoms with Crippen LogP contribution in [0, 0.1) is 5.92 Å². The van der Waals surface area contributed by atoms with Crippen molar-refractivity contribution in [3.63, 3.8) is 0 Å². The maximum Gasteiger partial charge on any atom is 0.124 e. The summed E-state index contributed by atoms with van der Waals surface area (Å²) in [5.74, 6) is 0.747. The average molecular weight is 182 g/mol. The minimum Gasteiger partial charge on any atom is -0.364 e. The van der Waals surface area contributed by atoms with E-state index in [1.54, 1.807) is 6.26 Å². The standard InChI is InChI=1S/C10H18N2O/c1-3-4-9(2)7-11-8-10-5-6-13-12-10/h5-6,9,11H,3-4,7-8H2,1-2H3. The predicted octanol–water partition coefficient (Wildman–Crippen LogP) is 2.20. The van der Waals surface area contributed by atoms with E-state index in [4.69, 9.17) is 4.52 Å². The van der Waals surface area contributed by atoms with Gasteiger partial charge in [-0.2, -0.15) is 0 Å². The predicted molar refractivity (Wildman–Crippen MR) is 52.3 cm³/mol. The molecular formula is C10H18N2O. The summed E-state index contributed by atoms with van der Waals surface area (Å²) in [5, 5.41) is 7.17. The van der Waals surface area contributed by atoms with Crippen molar-refractivity contribution in [2.24, 2.45) is 5.92 Å². The molecule has 0 saturated carbocycles. The van der Waals surface area contributed by atoms with E-state index >= 15 is 0 Å². The van der Waals surface area contributed by atoms with Gasteiger partial charge in [-0.1, -0.05) is 25.4 Å². The van der Waals surface area contributed by atoms with Gasteiger partial charge in [-0.25, -0.2) is 0 Å². The minimum atomic E-state index is 0.747. The van der Waals surface area contributed by atoms with Gasteiger partial charge in [-0.3, -0.25) is 0 Å². The van der Waals surface area contributed by atoms with Crippen LogP contribution in [-0.2, 0) is 6.54 Å². The molecule has 0 fully saturated rings. The Morgan fingerprint density at radius 2 is 2.46 bits per heavy atom. The fourth-order valence-corrected chi connectivity index (χ4v) is 1.37. The zero-order valence-electron chi connectivity index (χ0n) is 8.42. The van der Waals surface area contributed by atoms with E-state index < -0.39 is 0 Å². The van der Waals surface area contributed by atoms with Crippen LogP contribution in [0.1, 0.15) is 32.4 Å². The van der Waals surface area contributed by atoms with Crippen molar-refractivity contribution in [3.05, 3.63) is 18.0 Å². The molecule has 1 atom stereocenters. The Bertz CT molecular complexity index is 209. The Hall–Kier alpha value is -0.830. The highest BCUT2D eigenvalue weighted by Crippen LogP contribution is 2.03. The Labute approximate surface area is 79.5 Å². The van der Waals surface area contributed by atoms with Crippen LogP contribution in [-0.4, -0.2) is 11.7 Å².